The summed E-state index contributed by atoms with van der Waals surface area (Å²) in [5, 5.41) is 5.82. The van der Waals surface area contributed by atoms with E-state index in [0.29, 0.717) is 23.3 Å². The maximum absolute atomic E-state index is 11.5. The normalized spacial score (nSPS) is 11.3. The Labute approximate surface area is 118 Å². The molecule has 20 heavy (non-hydrogen) atoms. The summed E-state index contributed by atoms with van der Waals surface area (Å²) in [6.07, 6.45) is 3.46. The Morgan fingerprint density at radius 3 is 2.75 bits per heavy atom. The van der Waals surface area contributed by atoms with E-state index in [2.05, 4.69) is 4.98 Å². The molecule has 0 spiro atoms. The summed E-state index contributed by atoms with van der Waals surface area (Å²) in [5.74, 6) is 0.581. The zero-order valence-electron chi connectivity index (χ0n) is 11.3. The Morgan fingerprint density at radius 1 is 1.35 bits per heavy atom. The zero-order chi connectivity index (χ0) is 14.8. The van der Waals surface area contributed by atoms with Crippen LogP contribution in [0.4, 0.5) is 0 Å². The Bertz CT molecular complexity index is 763. The number of hydrogen-bond acceptors (Lipinski definition) is 4. The molecule has 0 aliphatic heterocycles. The van der Waals surface area contributed by atoms with E-state index in [1.807, 2.05) is 19.9 Å². The molecule has 0 saturated carbocycles. The molecular weight excluding hydrogens is 276 g/mol. The van der Waals surface area contributed by atoms with E-state index in [4.69, 9.17) is 9.88 Å². The standard InChI is InChI=1S/C14H16N2O3S/c1-10(2)7-9-19-12-5-6-13(20(15,17)18)14-11(12)4-3-8-16-14/h3-8H,9H2,1-2H3,(H2,15,17,18). The highest BCUT2D eigenvalue weighted by atomic mass is 32.2. The highest BCUT2D eigenvalue weighted by molar-refractivity contribution is 7.89. The van der Waals surface area contributed by atoms with Crippen molar-refractivity contribution in [2.45, 2.75) is 18.7 Å². The van der Waals surface area contributed by atoms with Crippen LogP contribution in [0.15, 0.2) is 47.0 Å². The minimum atomic E-state index is -3.81. The van der Waals surface area contributed by atoms with Gasteiger partial charge in [-0.1, -0.05) is 5.57 Å². The third kappa shape index (κ3) is 3.15. The number of fused-ring (bicyclic) bond motifs is 1. The number of nitrogens with zero attached hydrogens (tertiary/aromatic N) is 1. The van der Waals surface area contributed by atoms with Crippen molar-refractivity contribution in [2.75, 3.05) is 6.61 Å². The smallest absolute Gasteiger partial charge is 0.240 e. The molecule has 2 aromatic rings. The predicted octanol–water partition coefficient (Wildman–Crippen LogP) is 2.23. The molecule has 0 aliphatic rings. The number of allylic oxidation sites excluding steroid dienone is 1. The van der Waals surface area contributed by atoms with Gasteiger partial charge in [0.25, 0.3) is 0 Å². The number of primary sulfonamides is 1. The average molecular weight is 292 g/mol. The van der Waals surface area contributed by atoms with Crippen molar-refractivity contribution < 1.29 is 13.2 Å². The van der Waals surface area contributed by atoms with E-state index < -0.39 is 10.0 Å². The SMILES string of the molecule is CC(C)=CCOc1ccc(S(N)(=O)=O)c2ncccc12. The predicted molar refractivity (Wildman–Crippen MR) is 78.0 cm³/mol. The van der Waals surface area contributed by atoms with Gasteiger partial charge in [-0.2, -0.15) is 0 Å². The van der Waals surface area contributed by atoms with Crippen LogP contribution < -0.4 is 9.88 Å². The van der Waals surface area contributed by atoms with E-state index >= 15 is 0 Å². The number of benzene rings is 1. The molecule has 0 aliphatic carbocycles. The first-order valence-electron chi connectivity index (χ1n) is 6.06. The van der Waals surface area contributed by atoms with Gasteiger partial charge in [0.1, 0.15) is 17.3 Å². The van der Waals surface area contributed by atoms with Gasteiger partial charge in [-0.25, -0.2) is 13.6 Å². The zero-order valence-corrected chi connectivity index (χ0v) is 12.1. The third-order valence-corrected chi connectivity index (χ3v) is 3.67. The fourth-order valence-corrected chi connectivity index (χ4v) is 2.46. The Balaban J connectivity index is 2.52. The first-order valence-corrected chi connectivity index (χ1v) is 7.61. The van der Waals surface area contributed by atoms with E-state index in [-0.39, 0.29) is 4.90 Å². The lowest BCUT2D eigenvalue weighted by molar-refractivity contribution is 0.366. The molecule has 2 rings (SSSR count). The summed E-state index contributed by atoms with van der Waals surface area (Å²) in [6, 6.07) is 6.50. The Kier molecular flexibility index (Phi) is 4.06. The topological polar surface area (TPSA) is 82.3 Å². The van der Waals surface area contributed by atoms with Gasteiger partial charge in [0.05, 0.1) is 5.52 Å². The largest absolute Gasteiger partial charge is 0.489 e. The summed E-state index contributed by atoms with van der Waals surface area (Å²) in [7, 11) is -3.81. The number of aromatic nitrogens is 1. The van der Waals surface area contributed by atoms with Crippen LogP contribution in [0.25, 0.3) is 10.9 Å². The first-order chi connectivity index (χ1) is 9.39. The number of rotatable bonds is 4. The van der Waals surface area contributed by atoms with Crippen LogP contribution in [0.1, 0.15) is 13.8 Å². The van der Waals surface area contributed by atoms with Crippen LogP contribution in [0.2, 0.25) is 0 Å². The summed E-state index contributed by atoms with van der Waals surface area (Å²) in [5.41, 5.74) is 1.47. The summed E-state index contributed by atoms with van der Waals surface area (Å²) < 4.78 is 28.7. The van der Waals surface area contributed by atoms with Crippen molar-refractivity contribution in [1.82, 2.24) is 4.98 Å². The molecular formula is C14H16N2O3S. The Morgan fingerprint density at radius 2 is 2.10 bits per heavy atom. The van der Waals surface area contributed by atoms with Crippen molar-refractivity contribution in [1.29, 1.82) is 0 Å². The molecule has 0 fully saturated rings. The van der Waals surface area contributed by atoms with Crippen molar-refractivity contribution in [3.8, 4) is 5.75 Å². The quantitative estimate of drug-likeness (QED) is 0.876. The second-order valence-electron chi connectivity index (χ2n) is 4.60. The van der Waals surface area contributed by atoms with Gasteiger partial charge < -0.3 is 4.74 Å². The molecule has 0 atom stereocenters. The minimum Gasteiger partial charge on any atom is -0.489 e. The van der Waals surface area contributed by atoms with Gasteiger partial charge in [0.15, 0.2) is 0 Å². The highest BCUT2D eigenvalue weighted by Gasteiger charge is 2.15. The molecule has 0 amide bonds. The van der Waals surface area contributed by atoms with E-state index in [9.17, 15) is 8.42 Å². The van der Waals surface area contributed by atoms with Gasteiger partial charge in [0.2, 0.25) is 10.0 Å². The van der Waals surface area contributed by atoms with Crippen LogP contribution in [-0.2, 0) is 10.0 Å². The van der Waals surface area contributed by atoms with Crippen molar-refractivity contribution in [3.63, 3.8) is 0 Å². The van der Waals surface area contributed by atoms with Crippen LogP contribution in [-0.4, -0.2) is 20.0 Å². The van der Waals surface area contributed by atoms with Gasteiger partial charge in [-0.3, -0.25) is 4.98 Å². The molecule has 5 nitrogen and oxygen atoms in total. The van der Waals surface area contributed by atoms with Crippen LogP contribution in [0.3, 0.4) is 0 Å². The van der Waals surface area contributed by atoms with E-state index in [1.165, 1.54) is 12.3 Å². The molecule has 2 N–H and O–H groups in total. The van der Waals surface area contributed by atoms with Gasteiger partial charge in [-0.05, 0) is 44.2 Å². The maximum atomic E-state index is 11.5. The maximum Gasteiger partial charge on any atom is 0.240 e. The molecule has 106 valence electrons. The number of sulfonamides is 1. The lowest BCUT2D eigenvalue weighted by atomic mass is 10.2. The lowest BCUT2D eigenvalue weighted by Crippen LogP contribution is -2.13. The minimum absolute atomic E-state index is 0.00247. The molecule has 0 bridgehead atoms. The summed E-state index contributed by atoms with van der Waals surface area (Å²) in [4.78, 5) is 4.10. The first kappa shape index (κ1) is 14.5. The lowest BCUT2D eigenvalue weighted by Gasteiger charge is -2.10. The summed E-state index contributed by atoms with van der Waals surface area (Å²) in [6.45, 7) is 4.38. The number of nitrogens with two attached hydrogens (primary N) is 1. The number of pyridine rings is 1. The monoisotopic (exact) mass is 292 g/mol. The fraction of sp³-hybridized carbons (Fsp3) is 0.214. The van der Waals surface area contributed by atoms with Crippen LogP contribution in [0.5, 0.6) is 5.75 Å². The van der Waals surface area contributed by atoms with E-state index in [0.717, 1.165) is 5.57 Å². The molecule has 1 aromatic carbocycles. The summed E-state index contributed by atoms with van der Waals surface area (Å²) >= 11 is 0. The molecule has 1 heterocycles. The molecule has 0 unspecified atom stereocenters. The van der Waals surface area contributed by atoms with Gasteiger partial charge >= 0.3 is 0 Å². The fourth-order valence-electron chi connectivity index (χ4n) is 1.77. The number of ether oxygens (including phenoxy) is 1. The second kappa shape index (κ2) is 5.60. The number of hydrogen-bond donors (Lipinski definition) is 1. The second-order valence-corrected chi connectivity index (χ2v) is 6.13. The molecule has 1 aromatic heterocycles. The van der Waals surface area contributed by atoms with E-state index in [1.54, 1.807) is 18.2 Å². The van der Waals surface area contributed by atoms with Crippen molar-refractivity contribution in [2.24, 2.45) is 5.14 Å². The molecule has 0 saturated heterocycles. The van der Waals surface area contributed by atoms with Gasteiger partial charge in [0, 0.05) is 11.6 Å². The van der Waals surface area contributed by atoms with Crippen LogP contribution >= 0.6 is 0 Å². The van der Waals surface area contributed by atoms with Gasteiger partial charge in [-0.15, -0.1) is 0 Å². The third-order valence-electron chi connectivity index (χ3n) is 2.73. The Hall–Kier alpha value is -1.92. The molecule has 0 radical (unpaired) electrons. The molecule has 6 heteroatoms. The van der Waals surface area contributed by atoms with Crippen LogP contribution in [0, 0.1) is 0 Å². The van der Waals surface area contributed by atoms with Crippen molar-refractivity contribution in [3.05, 3.63) is 42.1 Å². The highest BCUT2D eigenvalue weighted by Crippen LogP contribution is 2.28. The average Bonchev–Trinajstić information content (AvgIpc) is 2.37. The van der Waals surface area contributed by atoms with Crippen molar-refractivity contribution >= 4 is 20.9 Å².